The van der Waals surface area contributed by atoms with Crippen LogP contribution in [0.15, 0.2) is 42.5 Å². The lowest BCUT2D eigenvalue weighted by molar-refractivity contribution is -0.123. The number of anilines is 1. The minimum atomic E-state index is -0.244. The van der Waals surface area contributed by atoms with Gasteiger partial charge in [-0.2, -0.15) is 0 Å². The quantitative estimate of drug-likeness (QED) is 0.748. The zero-order chi connectivity index (χ0) is 20.8. The van der Waals surface area contributed by atoms with Crippen molar-refractivity contribution in [3.63, 3.8) is 0 Å². The fraction of sp³-hybridized carbons (Fsp3) is 0.364. The Labute approximate surface area is 171 Å². The highest BCUT2D eigenvalue weighted by atomic mass is 16.6. The van der Waals surface area contributed by atoms with Crippen molar-refractivity contribution in [1.29, 1.82) is 0 Å². The van der Waals surface area contributed by atoms with E-state index in [4.69, 9.17) is 9.47 Å². The van der Waals surface area contributed by atoms with Crippen LogP contribution in [-0.2, 0) is 9.59 Å². The number of nitrogens with zero attached hydrogens (tertiary/aromatic N) is 1. The molecule has 1 aliphatic rings. The molecule has 7 heteroatoms. The number of nitrogens with one attached hydrogen (secondary N) is 2. The molecular formula is C22H27N3O4. The lowest BCUT2D eigenvalue weighted by Gasteiger charge is -2.26. The van der Waals surface area contributed by atoms with E-state index in [2.05, 4.69) is 10.6 Å². The fourth-order valence-corrected chi connectivity index (χ4v) is 3.07. The number of carbonyl (C=O) groups excluding carboxylic acids is 2. The summed E-state index contributed by atoms with van der Waals surface area (Å²) >= 11 is 0. The summed E-state index contributed by atoms with van der Waals surface area (Å²) in [6, 6.07) is 13.2. The number of likely N-dealkylation sites (N-methyl/N-ethyl adjacent to an activating group) is 1. The largest absolute Gasteiger partial charge is 0.486 e. The number of para-hydroxylation sites is 2. The van der Waals surface area contributed by atoms with E-state index in [-0.39, 0.29) is 31.0 Å². The molecule has 1 aliphatic heterocycles. The van der Waals surface area contributed by atoms with E-state index in [0.717, 1.165) is 16.8 Å². The van der Waals surface area contributed by atoms with Gasteiger partial charge in [-0.15, -0.1) is 0 Å². The molecule has 154 valence electrons. The molecule has 1 atom stereocenters. The molecule has 0 unspecified atom stereocenters. The van der Waals surface area contributed by atoms with Gasteiger partial charge in [0.25, 0.3) is 0 Å². The summed E-state index contributed by atoms with van der Waals surface area (Å²) < 4.78 is 11.5. The predicted octanol–water partition coefficient (Wildman–Crippen LogP) is 2.13. The average molecular weight is 397 g/mol. The van der Waals surface area contributed by atoms with Crippen LogP contribution >= 0.6 is 0 Å². The van der Waals surface area contributed by atoms with E-state index in [1.807, 2.05) is 56.3 Å². The van der Waals surface area contributed by atoms with Crippen molar-refractivity contribution in [3.8, 4) is 11.5 Å². The molecule has 1 heterocycles. The highest BCUT2D eigenvalue weighted by Crippen LogP contribution is 2.30. The van der Waals surface area contributed by atoms with Gasteiger partial charge in [0.1, 0.15) is 12.7 Å². The molecule has 0 saturated heterocycles. The molecule has 2 aromatic carbocycles. The number of hydrogen-bond donors (Lipinski definition) is 2. The van der Waals surface area contributed by atoms with Gasteiger partial charge in [0.15, 0.2) is 11.5 Å². The molecular weight excluding hydrogens is 370 g/mol. The third-order valence-corrected chi connectivity index (χ3v) is 4.80. The lowest BCUT2D eigenvalue weighted by Crippen LogP contribution is -2.44. The van der Waals surface area contributed by atoms with Gasteiger partial charge in [0.2, 0.25) is 11.8 Å². The molecule has 7 nitrogen and oxygen atoms in total. The topological polar surface area (TPSA) is 79.9 Å². The van der Waals surface area contributed by atoms with Crippen LogP contribution in [-0.4, -0.2) is 56.1 Å². The number of fused-ring (bicyclic) bond motifs is 1. The molecule has 0 aromatic heterocycles. The van der Waals surface area contributed by atoms with Gasteiger partial charge in [-0.25, -0.2) is 0 Å². The van der Waals surface area contributed by atoms with Crippen molar-refractivity contribution < 1.29 is 19.1 Å². The first-order valence-electron chi connectivity index (χ1n) is 9.62. The van der Waals surface area contributed by atoms with Gasteiger partial charge >= 0.3 is 0 Å². The Morgan fingerprint density at radius 1 is 1.03 bits per heavy atom. The standard InChI is InChI=1S/C22H27N3O4/c1-15-7-6-8-18(16(15)2)24-22(27)13-25(3)12-21(26)23-11-17-14-28-19-9-4-5-10-20(19)29-17/h4-10,17H,11-14H2,1-3H3,(H,23,26)(H,24,27)/t17-/m1/s1. The maximum atomic E-state index is 12.3. The van der Waals surface area contributed by atoms with E-state index in [0.29, 0.717) is 24.7 Å². The molecule has 0 aliphatic carbocycles. The molecule has 2 amide bonds. The van der Waals surface area contributed by atoms with Gasteiger partial charge in [-0.05, 0) is 50.2 Å². The van der Waals surface area contributed by atoms with Crippen molar-refractivity contribution in [3.05, 3.63) is 53.6 Å². The molecule has 0 saturated carbocycles. The third kappa shape index (κ3) is 5.71. The van der Waals surface area contributed by atoms with Crippen LogP contribution in [0, 0.1) is 13.8 Å². The zero-order valence-electron chi connectivity index (χ0n) is 17.0. The Balaban J connectivity index is 1.40. The molecule has 3 rings (SSSR count). The van der Waals surface area contributed by atoms with Gasteiger partial charge in [0.05, 0.1) is 19.6 Å². The second-order valence-corrected chi connectivity index (χ2v) is 7.27. The van der Waals surface area contributed by atoms with Crippen LogP contribution in [0.2, 0.25) is 0 Å². The molecule has 0 bridgehead atoms. The van der Waals surface area contributed by atoms with Crippen molar-refractivity contribution in [2.45, 2.75) is 20.0 Å². The first-order chi connectivity index (χ1) is 13.9. The first-order valence-corrected chi connectivity index (χ1v) is 9.62. The Morgan fingerprint density at radius 3 is 2.55 bits per heavy atom. The summed E-state index contributed by atoms with van der Waals surface area (Å²) in [7, 11) is 1.73. The Kier molecular flexibility index (Phi) is 6.72. The smallest absolute Gasteiger partial charge is 0.238 e. The minimum absolute atomic E-state index is 0.115. The minimum Gasteiger partial charge on any atom is -0.486 e. The van der Waals surface area contributed by atoms with Crippen molar-refractivity contribution in [2.75, 3.05) is 38.6 Å². The fourth-order valence-electron chi connectivity index (χ4n) is 3.07. The first kappa shape index (κ1) is 20.7. The van der Waals surface area contributed by atoms with Crippen molar-refractivity contribution >= 4 is 17.5 Å². The zero-order valence-corrected chi connectivity index (χ0v) is 17.0. The van der Waals surface area contributed by atoms with Gasteiger partial charge in [-0.3, -0.25) is 14.5 Å². The van der Waals surface area contributed by atoms with Crippen LogP contribution in [0.5, 0.6) is 11.5 Å². The highest BCUT2D eigenvalue weighted by Gasteiger charge is 2.21. The summed E-state index contributed by atoms with van der Waals surface area (Å²) in [6.45, 7) is 4.93. The van der Waals surface area contributed by atoms with E-state index in [1.165, 1.54) is 0 Å². The van der Waals surface area contributed by atoms with E-state index in [1.54, 1.807) is 11.9 Å². The van der Waals surface area contributed by atoms with E-state index in [9.17, 15) is 9.59 Å². The van der Waals surface area contributed by atoms with Crippen LogP contribution in [0.4, 0.5) is 5.69 Å². The average Bonchev–Trinajstić information content (AvgIpc) is 2.69. The number of hydrogen-bond acceptors (Lipinski definition) is 5. The molecule has 29 heavy (non-hydrogen) atoms. The summed E-state index contributed by atoms with van der Waals surface area (Å²) in [5, 5.41) is 5.74. The number of benzene rings is 2. The number of carbonyl (C=O) groups is 2. The van der Waals surface area contributed by atoms with Gasteiger partial charge < -0.3 is 20.1 Å². The second-order valence-electron chi connectivity index (χ2n) is 7.27. The molecule has 2 aromatic rings. The highest BCUT2D eigenvalue weighted by molar-refractivity contribution is 5.93. The third-order valence-electron chi connectivity index (χ3n) is 4.80. The van der Waals surface area contributed by atoms with E-state index >= 15 is 0 Å². The lowest BCUT2D eigenvalue weighted by atomic mass is 10.1. The Bertz CT molecular complexity index is 884. The van der Waals surface area contributed by atoms with Crippen LogP contribution in [0.25, 0.3) is 0 Å². The summed E-state index contributed by atoms with van der Waals surface area (Å²) in [5.41, 5.74) is 2.95. The van der Waals surface area contributed by atoms with Gasteiger partial charge in [-0.1, -0.05) is 24.3 Å². The van der Waals surface area contributed by atoms with Crippen molar-refractivity contribution in [1.82, 2.24) is 10.2 Å². The number of ether oxygens (including phenoxy) is 2. The van der Waals surface area contributed by atoms with E-state index < -0.39 is 0 Å². The summed E-state index contributed by atoms with van der Waals surface area (Å²) in [6.07, 6.45) is -0.244. The Morgan fingerprint density at radius 2 is 1.76 bits per heavy atom. The van der Waals surface area contributed by atoms with Crippen LogP contribution < -0.4 is 20.1 Å². The normalized spacial score (nSPS) is 15.1. The number of aryl methyl sites for hydroxylation is 1. The van der Waals surface area contributed by atoms with Crippen LogP contribution in [0.1, 0.15) is 11.1 Å². The maximum Gasteiger partial charge on any atom is 0.238 e. The van der Waals surface area contributed by atoms with Gasteiger partial charge in [0, 0.05) is 5.69 Å². The molecule has 0 fully saturated rings. The Hall–Kier alpha value is -3.06. The molecule has 0 spiro atoms. The SMILES string of the molecule is Cc1cccc(NC(=O)CN(C)CC(=O)NC[C@@H]2COc3ccccc3O2)c1C. The molecule has 2 N–H and O–H groups in total. The summed E-state index contributed by atoms with van der Waals surface area (Å²) in [4.78, 5) is 26.1. The second kappa shape index (κ2) is 9.43. The van der Waals surface area contributed by atoms with Crippen molar-refractivity contribution in [2.24, 2.45) is 0 Å². The predicted molar refractivity (Wildman–Crippen MR) is 111 cm³/mol. The molecule has 0 radical (unpaired) electrons. The maximum absolute atomic E-state index is 12.3. The number of rotatable bonds is 7. The number of amides is 2. The summed E-state index contributed by atoms with van der Waals surface area (Å²) in [5.74, 6) is 1.06. The van der Waals surface area contributed by atoms with Crippen LogP contribution in [0.3, 0.4) is 0 Å². The monoisotopic (exact) mass is 397 g/mol.